The van der Waals surface area contributed by atoms with Crippen LogP contribution in [0.4, 0.5) is 0 Å². The lowest BCUT2D eigenvalue weighted by molar-refractivity contribution is -0.137. The van der Waals surface area contributed by atoms with Gasteiger partial charge in [0.25, 0.3) is 0 Å². The number of carbonyl (C=O) groups is 1. The van der Waals surface area contributed by atoms with Crippen LogP contribution >= 0.6 is 0 Å². The predicted octanol–water partition coefficient (Wildman–Crippen LogP) is 1.77. The van der Waals surface area contributed by atoms with Crippen molar-refractivity contribution in [2.24, 2.45) is 0 Å². The second kappa shape index (κ2) is 5.46. The van der Waals surface area contributed by atoms with Crippen molar-refractivity contribution in [3.05, 3.63) is 24.3 Å². The molecule has 0 aliphatic heterocycles. The maximum absolute atomic E-state index is 10.7. The van der Waals surface area contributed by atoms with Gasteiger partial charge in [0.05, 0.1) is 19.2 Å². The summed E-state index contributed by atoms with van der Waals surface area (Å²) in [5, 5.41) is 12.6. The van der Waals surface area contributed by atoms with E-state index < -0.39 is 5.97 Å². The van der Waals surface area contributed by atoms with Crippen LogP contribution in [0.15, 0.2) is 27.3 Å². The van der Waals surface area contributed by atoms with Crippen molar-refractivity contribution in [3.63, 3.8) is 0 Å². The topological polar surface area (TPSA) is 92.6 Å². The zero-order chi connectivity index (χ0) is 13.9. The zero-order valence-electron chi connectivity index (χ0n) is 10.9. The number of carboxylic acid groups (broad SMARTS) is 1. The SMILES string of the molecule is O=C(O)CCN(Cc1nc(-c2ccco2)no1)C1CC1. The molecule has 106 valence electrons. The Hall–Kier alpha value is -2.15. The minimum Gasteiger partial charge on any atom is -0.481 e. The molecule has 1 aliphatic rings. The van der Waals surface area contributed by atoms with Crippen molar-refractivity contribution in [2.45, 2.75) is 31.8 Å². The molecule has 2 aromatic heterocycles. The molecule has 0 radical (unpaired) electrons. The molecule has 0 bridgehead atoms. The number of rotatable bonds is 7. The van der Waals surface area contributed by atoms with E-state index in [-0.39, 0.29) is 6.42 Å². The van der Waals surface area contributed by atoms with Gasteiger partial charge in [-0.25, -0.2) is 0 Å². The van der Waals surface area contributed by atoms with Crippen molar-refractivity contribution in [1.82, 2.24) is 15.0 Å². The Labute approximate surface area is 115 Å². The summed E-state index contributed by atoms with van der Waals surface area (Å²) in [6.45, 7) is 0.976. The molecule has 0 amide bonds. The third kappa shape index (κ3) is 3.05. The van der Waals surface area contributed by atoms with Gasteiger partial charge in [-0.3, -0.25) is 9.69 Å². The predicted molar refractivity (Wildman–Crippen MR) is 67.7 cm³/mol. The number of hydrogen-bond acceptors (Lipinski definition) is 6. The molecule has 7 heteroatoms. The molecule has 0 spiro atoms. The summed E-state index contributed by atoms with van der Waals surface area (Å²) in [5.74, 6) is 0.661. The number of hydrogen-bond donors (Lipinski definition) is 1. The quantitative estimate of drug-likeness (QED) is 0.824. The Morgan fingerprint density at radius 1 is 1.50 bits per heavy atom. The Kier molecular flexibility index (Phi) is 3.51. The van der Waals surface area contributed by atoms with Crippen LogP contribution in [0.5, 0.6) is 0 Å². The van der Waals surface area contributed by atoms with E-state index in [0.29, 0.717) is 36.6 Å². The van der Waals surface area contributed by atoms with Gasteiger partial charge in [-0.15, -0.1) is 0 Å². The standard InChI is InChI=1S/C13H15N3O4/c17-12(18)5-6-16(9-3-4-9)8-11-14-13(15-20-11)10-2-1-7-19-10/h1-2,7,9H,3-6,8H2,(H,17,18). The molecule has 1 saturated carbocycles. The minimum atomic E-state index is -0.794. The average Bonchev–Trinajstić information content (AvgIpc) is 2.93. The van der Waals surface area contributed by atoms with Crippen LogP contribution in [0, 0.1) is 0 Å². The number of carboxylic acids is 1. The van der Waals surface area contributed by atoms with Gasteiger partial charge in [0, 0.05) is 12.6 Å². The van der Waals surface area contributed by atoms with E-state index in [1.807, 2.05) is 0 Å². The molecule has 0 unspecified atom stereocenters. The lowest BCUT2D eigenvalue weighted by Crippen LogP contribution is -2.28. The third-order valence-electron chi connectivity index (χ3n) is 3.22. The second-order valence-corrected chi connectivity index (χ2v) is 4.83. The normalized spacial score (nSPS) is 14.8. The molecular weight excluding hydrogens is 262 g/mol. The molecule has 1 N–H and O–H groups in total. The van der Waals surface area contributed by atoms with Crippen molar-refractivity contribution < 1.29 is 18.8 Å². The Morgan fingerprint density at radius 3 is 3.00 bits per heavy atom. The van der Waals surface area contributed by atoms with Crippen LogP contribution in [-0.2, 0) is 11.3 Å². The lowest BCUT2D eigenvalue weighted by atomic mass is 10.3. The van der Waals surface area contributed by atoms with Crippen LogP contribution < -0.4 is 0 Å². The largest absolute Gasteiger partial charge is 0.481 e. The summed E-state index contributed by atoms with van der Waals surface area (Å²) in [7, 11) is 0. The van der Waals surface area contributed by atoms with Crippen molar-refractivity contribution in [1.29, 1.82) is 0 Å². The van der Waals surface area contributed by atoms with E-state index in [1.165, 1.54) is 0 Å². The fourth-order valence-electron chi connectivity index (χ4n) is 2.07. The van der Waals surface area contributed by atoms with Gasteiger partial charge in [0.1, 0.15) is 0 Å². The van der Waals surface area contributed by atoms with Crippen LogP contribution in [0.25, 0.3) is 11.6 Å². The van der Waals surface area contributed by atoms with Gasteiger partial charge < -0.3 is 14.0 Å². The molecule has 0 saturated heterocycles. The zero-order valence-corrected chi connectivity index (χ0v) is 10.9. The average molecular weight is 277 g/mol. The molecule has 1 aliphatic carbocycles. The Bertz CT molecular complexity index is 574. The van der Waals surface area contributed by atoms with Crippen LogP contribution in [0.1, 0.15) is 25.2 Å². The second-order valence-electron chi connectivity index (χ2n) is 4.83. The molecule has 2 heterocycles. The summed E-state index contributed by atoms with van der Waals surface area (Å²) >= 11 is 0. The first-order valence-electron chi connectivity index (χ1n) is 6.54. The number of nitrogens with zero attached hydrogens (tertiary/aromatic N) is 3. The fourth-order valence-corrected chi connectivity index (χ4v) is 2.07. The van der Waals surface area contributed by atoms with E-state index in [0.717, 1.165) is 12.8 Å². The molecule has 2 aromatic rings. The number of furan rings is 1. The monoisotopic (exact) mass is 277 g/mol. The molecule has 0 atom stereocenters. The van der Waals surface area contributed by atoms with Gasteiger partial charge in [0.2, 0.25) is 11.7 Å². The first-order chi connectivity index (χ1) is 9.72. The van der Waals surface area contributed by atoms with Gasteiger partial charge in [-0.05, 0) is 25.0 Å². The van der Waals surface area contributed by atoms with Crippen molar-refractivity contribution >= 4 is 5.97 Å². The molecule has 3 rings (SSSR count). The van der Waals surface area contributed by atoms with E-state index in [4.69, 9.17) is 14.0 Å². The van der Waals surface area contributed by atoms with Crippen LogP contribution in [0.2, 0.25) is 0 Å². The van der Waals surface area contributed by atoms with E-state index in [1.54, 1.807) is 18.4 Å². The maximum Gasteiger partial charge on any atom is 0.304 e. The van der Waals surface area contributed by atoms with E-state index in [2.05, 4.69) is 15.0 Å². The molecule has 0 aromatic carbocycles. The third-order valence-corrected chi connectivity index (χ3v) is 3.22. The van der Waals surface area contributed by atoms with Gasteiger partial charge >= 0.3 is 5.97 Å². The van der Waals surface area contributed by atoms with Crippen LogP contribution in [0.3, 0.4) is 0 Å². The first-order valence-corrected chi connectivity index (χ1v) is 6.54. The Morgan fingerprint density at radius 2 is 2.35 bits per heavy atom. The maximum atomic E-state index is 10.7. The first kappa shape index (κ1) is 12.9. The van der Waals surface area contributed by atoms with Gasteiger partial charge in [-0.1, -0.05) is 5.16 Å². The highest BCUT2D eigenvalue weighted by atomic mass is 16.5. The molecular formula is C13H15N3O4. The molecule has 1 fully saturated rings. The highest BCUT2D eigenvalue weighted by Crippen LogP contribution is 2.28. The molecule has 7 nitrogen and oxygen atoms in total. The molecule has 20 heavy (non-hydrogen) atoms. The number of aliphatic carboxylic acids is 1. The van der Waals surface area contributed by atoms with Crippen molar-refractivity contribution in [3.8, 4) is 11.6 Å². The summed E-state index contributed by atoms with van der Waals surface area (Å²) in [6, 6.07) is 3.96. The van der Waals surface area contributed by atoms with Crippen LogP contribution in [-0.4, -0.2) is 38.7 Å². The summed E-state index contributed by atoms with van der Waals surface area (Å²) in [4.78, 5) is 17.0. The van der Waals surface area contributed by atoms with Gasteiger partial charge in [0.15, 0.2) is 5.76 Å². The number of aromatic nitrogens is 2. The smallest absolute Gasteiger partial charge is 0.304 e. The lowest BCUT2D eigenvalue weighted by Gasteiger charge is -2.18. The summed E-state index contributed by atoms with van der Waals surface area (Å²) in [6.07, 6.45) is 3.86. The van der Waals surface area contributed by atoms with E-state index in [9.17, 15) is 4.79 Å². The summed E-state index contributed by atoms with van der Waals surface area (Å²) in [5.41, 5.74) is 0. The minimum absolute atomic E-state index is 0.121. The van der Waals surface area contributed by atoms with Gasteiger partial charge in [-0.2, -0.15) is 4.98 Å². The van der Waals surface area contributed by atoms with Crippen molar-refractivity contribution in [2.75, 3.05) is 6.54 Å². The summed E-state index contributed by atoms with van der Waals surface area (Å²) < 4.78 is 10.4. The van der Waals surface area contributed by atoms with E-state index >= 15 is 0 Å². The Balaban J connectivity index is 1.64. The highest BCUT2D eigenvalue weighted by Gasteiger charge is 2.30. The highest BCUT2D eigenvalue weighted by molar-refractivity contribution is 5.66. The fraction of sp³-hybridized carbons (Fsp3) is 0.462.